The normalized spacial score (nSPS) is 62.8. The van der Waals surface area contributed by atoms with E-state index in [1.54, 1.807) is 0 Å². The lowest BCUT2D eigenvalue weighted by Gasteiger charge is -2.37. The SMILES string of the molecule is ClC1=C(Cl)[C@]2(Cl)C(Cl)[C@@]1(Cl)[C@H]1[C@@H]2[C@@H]2C=C[C@H]1C2. The quantitative estimate of drug-likeness (QED) is 0.343. The molecule has 4 aliphatic rings. The van der Waals surface area contributed by atoms with E-state index in [1.165, 1.54) is 0 Å². The van der Waals surface area contributed by atoms with E-state index < -0.39 is 15.1 Å². The summed E-state index contributed by atoms with van der Waals surface area (Å²) in [7, 11) is 0. The summed E-state index contributed by atoms with van der Waals surface area (Å²) in [5.41, 5.74) is 0. The van der Waals surface area contributed by atoms with Crippen LogP contribution in [0.5, 0.6) is 0 Å². The summed E-state index contributed by atoms with van der Waals surface area (Å²) >= 11 is 32.6. The average molecular weight is 330 g/mol. The molecule has 0 radical (unpaired) electrons. The highest BCUT2D eigenvalue weighted by Crippen LogP contribution is 2.76. The summed E-state index contributed by atoms with van der Waals surface area (Å²) < 4.78 is 0. The summed E-state index contributed by atoms with van der Waals surface area (Å²) in [4.78, 5) is -1.53. The van der Waals surface area contributed by atoms with Crippen molar-refractivity contribution in [2.75, 3.05) is 0 Å². The Bertz CT molecular complexity index is 443. The maximum absolute atomic E-state index is 6.75. The number of fused-ring (bicyclic) bond motifs is 9. The van der Waals surface area contributed by atoms with Crippen LogP contribution in [-0.4, -0.2) is 15.1 Å². The monoisotopic (exact) mass is 328 g/mol. The van der Waals surface area contributed by atoms with Crippen molar-refractivity contribution >= 4 is 58.0 Å². The number of alkyl halides is 3. The molecule has 0 saturated heterocycles. The van der Waals surface area contributed by atoms with Crippen LogP contribution in [0, 0.1) is 23.7 Å². The standard InChI is InChI=1S/C12H9Cl5/c13-8-9(14)12(17)7-5-2-1-4(3-5)6(7)11(8,16)10(12)15/h1-2,4-7,10H,3H2/t4-,5+,6+,7-,10?,11+,12-. The molecule has 2 saturated carbocycles. The van der Waals surface area contributed by atoms with Gasteiger partial charge in [0.15, 0.2) is 0 Å². The van der Waals surface area contributed by atoms with Gasteiger partial charge in [-0.2, -0.15) is 0 Å². The van der Waals surface area contributed by atoms with Gasteiger partial charge in [0, 0.05) is 0 Å². The molecule has 0 aromatic carbocycles. The minimum absolute atomic E-state index is 0.231. The Hall–Kier alpha value is 0.930. The van der Waals surface area contributed by atoms with Gasteiger partial charge in [0.1, 0.15) is 9.75 Å². The highest BCUT2D eigenvalue weighted by atomic mass is 35.5. The van der Waals surface area contributed by atoms with E-state index in [0.717, 1.165) is 6.42 Å². The number of hydrogen-bond donors (Lipinski definition) is 0. The molecule has 0 spiro atoms. The van der Waals surface area contributed by atoms with E-state index in [4.69, 9.17) is 58.0 Å². The Labute approximate surface area is 125 Å². The van der Waals surface area contributed by atoms with Gasteiger partial charge in [-0.1, -0.05) is 35.4 Å². The van der Waals surface area contributed by atoms with Crippen molar-refractivity contribution < 1.29 is 0 Å². The zero-order valence-electron chi connectivity index (χ0n) is 8.64. The molecule has 5 heteroatoms. The van der Waals surface area contributed by atoms with Crippen molar-refractivity contribution in [2.24, 2.45) is 23.7 Å². The van der Waals surface area contributed by atoms with E-state index in [9.17, 15) is 0 Å². The fourth-order valence-electron chi connectivity index (χ4n) is 4.46. The van der Waals surface area contributed by atoms with Crippen LogP contribution >= 0.6 is 58.0 Å². The van der Waals surface area contributed by atoms with E-state index in [2.05, 4.69) is 12.2 Å². The molecule has 0 nitrogen and oxygen atoms in total. The van der Waals surface area contributed by atoms with Crippen molar-refractivity contribution in [1.82, 2.24) is 0 Å². The number of hydrogen-bond acceptors (Lipinski definition) is 0. The molecule has 7 atom stereocenters. The molecular formula is C12H9Cl5. The topological polar surface area (TPSA) is 0 Å². The third kappa shape index (κ3) is 0.984. The van der Waals surface area contributed by atoms with E-state index in [0.29, 0.717) is 21.9 Å². The van der Waals surface area contributed by atoms with Gasteiger partial charge in [-0.25, -0.2) is 0 Å². The first-order valence-corrected chi connectivity index (χ1v) is 7.64. The van der Waals surface area contributed by atoms with Gasteiger partial charge in [-0.15, -0.1) is 34.8 Å². The van der Waals surface area contributed by atoms with Crippen LogP contribution in [0.15, 0.2) is 22.2 Å². The smallest absolute Gasteiger partial charge is 0.103 e. The van der Waals surface area contributed by atoms with Crippen LogP contribution in [0.3, 0.4) is 0 Å². The highest BCUT2D eigenvalue weighted by Gasteiger charge is 2.78. The molecule has 4 aliphatic carbocycles. The first kappa shape index (κ1) is 11.7. The molecule has 0 N–H and O–H groups in total. The number of rotatable bonds is 0. The van der Waals surface area contributed by atoms with Crippen LogP contribution in [0.2, 0.25) is 0 Å². The Morgan fingerprint density at radius 2 is 1.35 bits per heavy atom. The zero-order valence-corrected chi connectivity index (χ0v) is 12.4. The number of halogens is 5. The van der Waals surface area contributed by atoms with E-state index in [-0.39, 0.29) is 11.8 Å². The van der Waals surface area contributed by atoms with Crippen molar-refractivity contribution in [3.05, 3.63) is 22.2 Å². The Kier molecular flexibility index (Phi) is 2.17. The van der Waals surface area contributed by atoms with Crippen LogP contribution < -0.4 is 0 Å². The van der Waals surface area contributed by atoms with Crippen LogP contribution in [0.4, 0.5) is 0 Å². The summed E-state index contributed by atoms with van der Waals surface area (Å²) in [5, 5.41) is 0.523. The fraction of sp³-hybridized carbons (Fsp3) is 0.667. The molecule has 0 aliphatic heterocycles. The van der Waals surface area contributed by atoms with Gasteiger partial charge in [-0.3, -0.25) is 0 Å². The first-order chi connectivity index (χ1) is 7.93. The van der Waals surface area contributed by atoms with Gasteiger partial charge in [0.2, 0.25) is 0 Å². The minimum atomic E-state index is -0.767. The maximum Gasteiger partial charge on any atom is 0.103 e. The second-order valence-corrected chi connectivity index (χ2v) is 7.97. The van der Waals surface area contributed by atoms with Crippen molar-refractivity contribution in [3.8, 4) is 0 Å². The van der Waals surface area contributed by atoms with E-state index in [1.807, 2.05) is 0 Å². The molecule has 4 bridgehead atoms. The molecule has 4 rings (SSSR count). The van der Waals surface area contributed by atoms with Crippen LogP contribution in [0.1, 0.15) is 6.42 Å². The van der Waals surface area contributed by atoms with E-state index >= 15 is 0 Å². The molecule has 92 valence electrons. The highest BCUT2D eigenvalue weighted by molar-refractivity contribution is 6.55. The zero-order chi connectivity index (χ0) is 12.2. The van der Waals surface area contributed by atoms with Gasteiger partial charge in [0.25, 0.3) is 0 Å². The maximum atomic E-state index is 6.75. The molecule has 0 aromatic heterocycles. The molecule has 0 heterocycles. The predicted molar refractivity (Wildman–Crippen MR) is 73.3 cm³/mol. The molecule has 0 aromatic rings. The Balaban J connectivity index is 1.99. The third-order valence-electron chi connectivity index (χ3n) is 5.03. The van der Waals surface area contributed by atoms with Crippen molar-refractivity contribution in [2.45, 2.75) is 21.5 Å². The Morgan fingerprint density at radius 1 is 0.941 bits per heavy atom. The summed E-state index contributed by atoms with van der Waals surface area (Å²) in [5.74, 6) is 1.36. The molecule has 2 fully saturated rings. The largest absolute Gasteiger partial charge is 0.118 e. The summed E-state index contributed by atoms with van der Waals surface area (Å²) in [6, 6.07) is 0. The number of allylic oxidation sites excluding steroid dienone is 4. The third-order valence-corrected chi connectivity index (χ3v) is 8.56. The Morgan fingerprint density at radius 3 is 1.76 bits per heavy atom. The lowest BCUT2D eigenvalue weighted by molar-refractivity contribution is 0.305. The first-order valence-electron chi connectivity index (χ1n) is 5.70. The molecule has 1 unspecified atom stereocenters. The van der Waals surface area contributed by atoms with Crippen LogP contribution in [-0.2, 0) is 0 Å². The van der Waals surface area contributed by atoms with Crippen molar-refractivity contribution in [1.29, 1.82) is 0 Å². The fourth-order valence-corrected chi connectivity index (χ4v) is 7.15. The molecular weight excluding hydrogens is 321 g/mol. The molecule has 0 amide bonds. The second kappa shape index (κ2) is 3.15. The second-order valence-electron chi connectivity index (χ2n) is 5.53. The van der Waals surface area contributed by atoms with Crippen LogP contribution in [0.25, 0.3) is 0 Å². The van der Waals surface area contributed by atoms with Gasteiger partial charge >= 0.3 is 0 Å². The lowest BCUT2D eigenvalue weighted by Crippen LogP contribution is -2.38. The van der Waals surface area contributed by atoms with Gasteiger partial charge in [0.05, 0.1) is 15.4 Å². The molecule has 17 heavy (non-hydrogen) atoms. The van der Waals surface area contributed by atoms with Crippen molar-refractivity contribution in [3.63, 3.8) is 0 Å². The predicted octanol–water partition coefficient (Wildman–Crippen LogP) is 4.70. The summed E-state index contributed by atoms with van der Waals surface area (Å²) in [6.07, 6.45) is 5.58. The minimum Gasteiger partial charge on any atom is -0.118 e. The lowest BCUT2D eigenvalue weighted by atomic mass is 9.75. The summed E-state index contributed by atoms with van der Waals surface area (Å²) in [6.45, 7) is 0. The van der Waals surface area contributed by atoms with Gasteiger partial charge in [-0.05, 0) is 30.1 Å². The van der Waals surface area contributed by atoms with Gasteiger partial charge < -0.3 is 0 Å². The average Bonchev–Trinajstić information content (AvgIpc) is 2.98.